The summed E-state index contributed by atoms with van der Waals surface area (Å²) in [5.74, 6) is -1.65. The van der Waals surface area contributed by atoms with Crippen LogP contribution in [0.15, 0.2) is 23.6 Å². The van der Waals surface area contributed by atoms with E-state index in [4.69, 9.17) is 4.74 Å². The number of esters is 1. The number of ether oxygens (including phenoxy) is 1. The fourth-order valence-electron chi connectivity index (χ4n) is 3.03. The van der Waals surface area contributed by atoms with Crippen LogP contribution in [0, 0.1) is 11.6 Å². The molecule has 1 aromatic carbocycles. The van der Waals surface area contributed by atoms with Crippen LogP contribution in [-0.4, -0.2) is 25.0 Å². The van der Waals surface area contributed by atoms with Crippen molar-refractivity contribution in [3.05, 3.63) is 51.9 Å². The summed E-state index contributed by atoms with van der Waals surface area (Å²) < 4.78 is 32.0. The largest absolute Gasteiger partial charge is 0.462 e. The number of rotatable bonds is 8. The Morgan fingerprint density at radius 3 is 2.75 bits per heavy atom. The number of benzene rings is 1. The average molecular weight is 409 g/mol. The van der Waals surface area contributed by atoms with E-state index in [0.717, 1.165) is 24.5 Å². The lowest BCUT2D eigenvalue weighted by molar-refractivity contribution is -0.682. The Kier molecular flexibility index (Phi) is 6.41. The van der Waals surface area contributed by atoms with Gasteiger partial charge in [0.05, 0.1) is 12.2 Å². The van der Waals surface area contributed by atoms with E-state index < -0.39 is 17.6 Å². The van der Waals surface area contributed by atoms with Gasteiger partial charge < -0.3 is 15.4 Å². The monoisotopic (exact) mass is 409 g/mol. The molecule has 8 heteroatoms. The molecule has 0 spiro atoms. The van der Waals surface area contributed by atoms with Crippen molar-refractivity contribution >= 4 is 28.2 Å². The van der Waals surface area contributed by atoms with Gasteiger partial charge in [-0.2, -0.15) is 0 Å². The summed E-state index contributed by atoms with van der Waals surface area (Å²) >= 11 is 1.31. The second-order valence-corrected chi connectivity index (χ2v) is 7.71. The topological polar surface area (TPSA) is 72.0 Å². The Hall–Kier alpha value is -2.32. The number of anilines is 1. The summed E-state index contributed by atoms with van der Waals surface area (Å²) in [5, 5.41) is 6.82. The van der Waals surface area contributed by atoms with Crippen molar-refractivity contribution in [2.24, 2.45) is 0 Å². The van der Waals surface area contributed by atoms with E-state index >= 15 is 0 Å². The summed E-state index contributed by atoms with van der Waals surface area (Å²) in [5.41, 5.74) is 1.71. The van der Waals surface area contributed by atoms with Gasteiger partial charge in [-0.15, -0.1) is 11.3 Å². The maximum atomic E-state index is 13.9. The standard InChI is InChI=1S/C20H22F2N2O3S/c1-3-27-20(26)18-15(12-4-5-12)10-28-19(18)24-17(25)9-23-11(2)14-7-6-13(21)8-16(14)22/h6-8,10-12,23H,3-5,9H2,1-2H3,(H,24,25)/p+1/t11-/m1/s1. The maximum Gasteiger partial charge on any atom is 0.341 e. The van der Waals surface area contributed by atoms with E-state index in [1.165, 1.54) is 23.5 Å². The smallest absolute Gasteiger partial charge is 0.341 e. The SMILES string of the molecule is CCOC(=O)c1c(C2CC2)csc1NC(=O)C[NH2+][C@H](C)c1ccc(F)cc1F. The normalized spacial score (nSPS) is 14.6. The highest BCUT2D eigenvalue weighted by atomic mass is 32.1. The van der Waals surface area contributed by atoms with Crippen LogP contribution >= 0.6 is 11.3 Å². The number of quaternary nitrogens is 1. The number of carbonyl (C=O) groups excluding carboxylic acids is 2. The first kappa shape index (κ1) is 20.4. The van der Waals surface area contributed by atoms with E-state index in [2.05, 4.69) is 5.32 Å². The lowest BCUT2D eigenvalue weighted by Crippen LogP contribution is -2.86. The zero-order chi connectivity index (χ0) is 20.3. The molecule has 1 amide bonds. The molecule has 1 saturated carbocycles. The van der Waals surface area contributed by atoms with Gasteiger partial charge in [0.15, 0.2) is 6.54 Å². The highest BCUT2D eigenvalue weighted by Gasteiger charge is 2.32. The fraction of sp³-hybridized carbons (Fsp3) is 0.400. The molecule has 1 aromatic heterocycles. The summed E-state index contributed by atoms with van der Waals surface area (Å²) in [7, 11) is 0. The summed E-state index contributed by atoms with van der Waals surface area (Å²) in [6, 6.07) is 3.04. The molecule has 1 heterocycles. The molecule has 5 nitrogen and oxygen atoms in total. The second-order valence-electron chi connectivity index (χ2n) is 6.83. The maximum absolute atomic E-state index is 13.9. The van der Waals surface area contributed by atoms with Gasteiger partial charge >= 0.3 is 5.97 Å². The lowest BCUT2D eigenvalue weighted by Gasteiger charge is -2.12. The zero-order valence-electron chi connectivity index (χ0n) is 15.8. The van der Waals surface area contributed by atoms with E-state index in [0.29, 0.717) is 22.0 Å². The molecular weight excluding hydrogens is 386 g/mol. The van der Waals surface area contributed by atoms with Crippen LogP contribution in [-0.2, 0) is 9.53 Å². The highest BCUT2D eigenvalue weighted by Crippen LogP contribution is 2.46. The highest BCUT2D eigenvalue weighted by molar-refractivity contribution is 7.15. The molecule has 28 heavy (non-hydrogen) atoms. The summed E-state index contributed by atoms with van der Waals surface area (Å²) in [6.07, 6.45) is 2.07. The molecular formula is C20H23F2N2O3S+. The van der Waals surface area contributed by atoms with Gasteiger partial charge in [0.2, 0.25) is 0 Å². The Morgan fingerprint density at radius 2 is 2.11 bits per heavy atom. The Labute approximate surface area is 166 Å². The molecule has 0 radical (unpaired) electrons. The Bertz CT molecular complexity index is 880. The lowest BCUT2D eigenvalue weighted by atomic mass is 10.1. The first-order valence-corrected chi connectivity index (χ1v) is 10.1. The molecule has 2 aromatic rings. The molecule has 0 saturated heterocycles. The van der Waals surface area contributed by atoms with Crippen LogP contribution < -0.4 is 10.6 Å². The minimum atomic E-state index is -0.638. The number of hydrogen-bond acceptors (Lipinski definition) is 4. The molecule has 3 N–H and O–H groups in total. The van der Waals surface area contributed by atoms with Crippen molar-refractivity contribution in [3.8, 4) is 0 Å². The van der Waals surface area contributed by atoms with Crippen LogP contribution in [0.1, 0.15) is 60.1 Å². The summed E-state index contributed by atoms with van der Waals surface area (Å²) in [4.78, 5) is 24.7. The van der Waals surface area contributed by atoms with Crippen LogP contribution in [0.2, 0.25) is 0 Å². The van der Waals surface area contributed by atoms with E-state index in [-0.39, 0.29) is 25.1 Å². The quantitative estimate of drug-likeness (QED) is 0.657. The predicted molar refractivity (Wildman–Crippen MR) is 102 cm³/mol. The number of thiophene rings is 1. The van der Waals surface area contributed by atoms with Crippen molar-refractivity contribution in [1.29, 1.82) is 0 Å². The third-order valence-corrected chi connectivity index (χ3v) is 5.59. The van der Waals surface area contributed by atoms with E-state index in [9.17, 15) is 18.4 Å². The van der Waals surface area contributed by atoms with Crippen LogP contribution in [0.4, 0.5) is 13.8 Å². The van der Waals surface area contributed by atoms with Gasteiger partial charge in [0, 0.05) is 11.6 Å². The molecule has 3 rings (SSSR count). The number of nitrogens with one attached hydrogen (secondary N) is 1. The first-order chi connectivity index (χ1) is 13.4. The average Bonchev–Trinajstić information content (AvgIpc) is 3.40. The van der Waals surface area contributed by atoms with Gasteiger partial charge in [0.1, 0.15) is 22.7 Å². The van der Waals surface area contributed by atoms with Crippen molar-refractivity contribution in [2.75, 3.05) is 18.5 Å². The van der Waals surface area contributed by atoms with Crippen LogP contribution in [0.3, 0.4) is 0 Å². The van der Waals surface area contributed by atoms with Crippen molar-refractivity contribution in [3.63, 3.8) is 0 Å². The minimum absolute atomic E-state index is 0.0386. The number of hydrogen-bond donors (Lipinski definition) is 2. The molecule has 1 aliphatic rings. The number of amides is 1. The van der Waals surface area contributed by atoms with Crippen molar-refractivity contribution in [2.45, 2.75) is 38.6 Å². The number of halogens is 2. The molecule has 0 aliphatic heterocycles. The molecule has 1 atom stereocenters. The second kappa shape index (κ2) is 8.79. The molecule has 1 aliphatic carbocycles. The van der Waals surface area contributed by atoms with Crippen LogP contribution in [0.5, 0.6) is 0 Å². The Morgan fingerprint density at radius 1 is 1.36 bits per heavy atom. The third-order valence-electron chi connectivity index (χ3n) is 4.68. The van der Waals surface area contributed by atoms with Gasteiger partial charge in [-0.1, -0.05) is 0 Å². The predicted octanol–water partition coefficient (Wildman–Crippen LogP) is 3.34. The van der Waals surface area contributed by atoms with Crippen molar-refractivity contribution in [1.82, 2.24) is 0 Å². The molecule has 150 valence electrons. The van der Waals surface area contributed by atoms with Gasteiger partial charge in [-0.3, -0.25) is 4.79 Å². The fourth-order valence-corrected chi connectivity index (χ4v) is 4.08. The molecule has 1 fully saturated rings. The summed E-state index contributed by atoms with van der Waals surface area (Å²) in [6.45, 7) is 3.78. The zero-order valence-corrected chi connectivity index (χ0v) is 16.6. The number of carbonyl (C=O) groups is 2. The van der Waals surface area contributed by atoms with Gasteiger partial charge in [-0.05, 0) is 55.7 Å². The molecule has 0 unspecified atom stereocenters. The molecule has 0 bridgehead atoms. The van der Waals surface area contributed by atoms with E-state index in [1.54, 1.807) is 19.2 Å². The number of nitrogens with two attached hydrogens (primary N) is 1. The van der Waals surface area contributed by atoms with Crippen molar-refractivity contribution < 1.29 is 28.4 Å². The van der Waals surface area contributed by atoms with Gasteiger partial charge in [0.25, 0.3) is 5.91 Å². The third kappa shape index (κ3) is 4.74. The van der Waals surface area contributed by atoms with Gasteiger partial charge in [-0.25, -0.2) is 13.6 Å². The minimum Gasteiger partial charge on any atom is -0.462 e. The Balaban J connectivity index is 1.64. The first-order valence-electron chi connectivity index (χ1n) is 9.27. The van der Waals surface area contributed by atoms with Crippen LogP contribution in [0.25, 0.3) is 0 Å². The van der Waals surface area contributed by atoms with E-state index in [1.807, 2.05) is 5.38 Å².